The Morgan fingerprint density at radius 2 is 2.06 bits per heavy atom. The van der Waals surface area contributed by atoms with E-state index >= 15 is 0 Å². The van der Waals surface area contributed by atoms with Crippen LogP contribution in [-0.4, -0.2) is 29.9 Å². The molecule has 0 radical (unpaired) electrons. The monoisotopic (exact) mass is 242 g/mol. The van der Waals surface area contributed by atoms with Crippen LogP contribution < -0.4 is 0 Å². The average molecular weight is 242 g/mol. The summed E-state index contributed by atoms with van der Waals surface area (Å²) in [4.78, 5) is 20.3. The van der Waals surface area contributed by atoms with Gasteiger partial charge in [-0.25, -0.2) is 9.59 Å². The molecule has 1 aliphatic heterocycles. The van der Waals surface area contributed by atoms with Crippen molar-refractivity contribution in [1.82, 2.24) is 0 Å². The fourth-order valence-corrected chi connectivity index (χ4v) is 1.02. The van der Waals surface area contributed by atoms with Crippen LogP contribution in [0.2, 0.25) is 0 Å². The SMILES string of the molecule is C=C(C)C(=O)OC1CCCCO1.C=CC(=O)O. The van der Waals surface area contributed by atoms with Crippen LogP contribution in [0.25, 0.3) is 0 Å². The number of carbonyl (C=O) groups excluding carboxylic acids is 1. The number of carboxylic acids is 1. The Morgan fingerprint density at radius 3 is 2.41 bits per heavy atom. The minimum Gasteiger partial charge on any atom is -0.478 e. The van der Waals surface area contributed by atoms with Crippen LogP contribution in [0, 0.1) is 0 Å². The van der Waals surface area contributed by atoms with Gasteiger partial charge in [-0.15, -0.1) is 0 Å². The first-order valence-electron chi connectivity index (χ1n) is 5.30. The smallest absolute Gasteiger partial charge is 0.335 e. The zero-order valence-corrected chi connectivity index (χ0v) is 9.98. The van der Waals surface area contributed by atoms with E-state index in [4.69, 9.17) is 14.6 Å². The van der Waals surface area contributed by atoms with Crippen molar-refractivity contribution in [2.75, 3.05) is 6.61 Å². The molecule has 1 rings (SSSR count). The normalized spacial score (nSPS) is 18.3. The molecule has 5 nitrogen and oxygen atoms in total. The van der Waals surface area contributed by atoms with E-state index in [1.165, 1.54) is 0 Å². The minimum atomic E-state index is -0.981. The van der Waals surface area contributed by atoms with E-state index in [0.717, 1.165) is 25.3 Å². The van der Waals surface area contributed by atoms with Gasteiger partial charge in [0.05, 0.1) is 6.61 Å². The summed E-state index contributed by atoms with van der Waals surface area (Å²) < 4.78 is 10.2. The number of esters is 1. The van der Waals surface area contributed by atoms with Gasteiger partial charge < -0.3 is 14.6 Å². The van der Waals surface area contributed by atoms with Crippen molar-refractivity contribution in [3.8, 4) is 0 Å². The molecule has 1 heterocycles. The first kappa shape index (κ1) is 15.4. The average Bonchev–Trinajstić information content (AvgIpc) is 2.31. The maximum absolute atomic E-state index is 11.0. The summed E-state index contributed by atoms with van der Waals surface area (Å²) in [6, 6.07) is 0. The maximum atomic E-state index is 11.0. The van der Waals surface area contributed by atoms with E-state index < -0.39 is 5.97 Å². The molecule has 0 amide bonds. The highest BCUT2D eigenvalue weighted by atomic mass is 16.7. The Bertz CT molecular complexity index is 289. The second-order valence-electron chi connectivity index (χ2n) is 3.52. The van der Waals surface area contributed by atoms with Crippen molar-refractivity contribution >= 4 is 11.9 Å². The van der Waals surface area contributed by atoms with Crippen molar-refractivity contribution in [3.63, 3.8) is 0 Å². The van der Waals surface area contributed by atoms with Gasteiger partial charge in [0.25, 0.3) is 0 Å². The summed E-state index contributed by atoms with van der Waals surface area (Å²) in [6.45, 7) is 8.77. The lowest BCUT2D eigenvalue weighted by molar-refractivity contribution is -0.182. The topological polar surface area (TPSA) is 72.8 Å². The van der Waals surface area contributed by atoms with E-state index in [-0.39, 0.29) is 12.3 Å². The number of hydrogen-bond acceptors (Lipinski definition) is 4. The molecule has 1 aliphatic rings. The molecule has 0 aromatic rings. The van der Waals surface area contributed by atoms with Crippen LogP contribution in [0.15, 0.2) is 24.8 Å². The van der Waals surface area contributed by atoms with E-state index in [1.54, 1.807) is 6.92 Å². The first-order chi connectivity index (χ1) is 7.97. The molecule has 0 bridgehead atoms. The third-order valence-corrected chi connectivity index (χ3v) is 1.90. The highest BCUT2D eigenvalue weighted by molar-refractivity contribution is 5.87. The van der Waals surface area contributed by atoms with Gasteiger partial charge in [-0.2, -0.15) is 0 Å². The van der Waals surface area contributed by atoms with Crippen LogP contribution in [0.4, 0.5) is 0 Å². The Balaban J connectivity index is 0.000000437. The number of rotatable bonds is 3. The largest absolute Gasteiger partial charge is 0.478 e. The lowest BCUT2D eigenvalue weighted by Gasteiger charge is -2.22. The van der Waals surface area contributed by atoms with Gasteiger partial charge in [0, 0.05) is 18.1 Å². The molecule has 1 saturated heterocycles. The van der Waals surface area contributed by atoms with Crippen LogP contribution in [0.5, 0.6) is 0 Å². The molecular weight excluding hydrogens is 224 g/mol. The Labute approximate surface area is 101 Å². The van der Waals surface area contributed by atoms with E-state index in [1.807, 2.05) is 0 Å². The number of carboxylic acid groups (broad SMARTS) is 1. The Kier molecular flexibility index (Phi) is 7.71. The Hall–Kier alpha value is -1.62. The number of ether oxygens (including phenoxy) is 2. The molecule has 0 spiro atoms. The van der Waals surface area contributed by atoms with Crippen molar-refractivity contribution in [2.45, 2.75) is 32.5 Å². The minimum absolute atomic E-state index is 0.344. The van der Waals surface area contributed by atoms with Crippen LogP contribution in [0.1, 0.15) is 26.2 Å². The van der Waals surface area contributed by atoms with Gasteiger partial charge in [-0.05, 0) is 19.8 Å². The molecule has 1 atom stereocenters. The predicted molar refractivity (Wildman–Crippen MR) is 62.3 cm³/mol. The number of carbonyl (C=O) groups is 2. The van der Waals surface area contributed by atoms with Gasteiger partial charge in [0.2, 0.25) is 6.29 Å². The molecule has 17 heavy (non-hydrogen) atoms. The Morgan fingerprint density at radius 1 is 1.47 bits per heavy atom. The van der Waals surface area contributed by atoms with Crippen molar-refractivity contribution in [2.24, 2.45) is 0 Å². The highest BCUT2D eigenvalue weighted by Gasteiger charge is 2.17. The molecule has 1 N–H and O–H groups in total. The van der Waals surface area contributed by atoms with E-state index in [0.29, 0.717) is 12.2 Å². The number of aliphatic carboxylic acids is 1. The molecule has 96 valence electrons. The third kappa shape index (κ3) is 8.21. The molecular formula is C12H18O5. The zero-order chi connectivity index (χ0) is 13.3. The summed E-state index contributed by atoms with van der Waals surface area (Å²) in [7, 11) is 0. The van der Waals surface area contributed by atoms with E-state index in [9.17, 15) is 9.59 Å². The standard InChI is InChI=1S/C9H14O3.C3H4O2/c1-7(2)9(10)12-8-5-3-4-6-11-8;1-2-3(4)5/h8H,1,3-6H2,2H3;2H,1H2,(H,4,5). The molecule has 0 aromatic carbocycles. The van der Waals surface area contributed by atoms with Gasteiger partial charge in [-0.3, -0.25) is 0 Å². The summed E-state index contributed by atoms with van der Waals surface area (Å²) in [5.74, 6) is -1.34. The summed E-state index contributed by atoms with van der Waals surface area (Å²) >= 11 is 0. The quantitative estimate of drug-likeness (QED) is 0.604. The van der Waals surface area contributed by atoms with Gasteiger partial charge in [0.1, 0.15) is 0 Å². The maximum Gasteiger partial charge on any atom is 0.335 e. The van der Waals surface area contributed by atoms with Crippen LogP contribution in [-0.2, 0) is 19.1 Å². The molecule has 1 fully saturated rings. The number of hydrogen-bond donors (Lipinski definition) is 1. The highest BCUT2D eigenvalue weighted by Crippen LogP contribution is 2.14. The van der Waals surface area contributed by atoms with Gasteiger partial charge >= 0.3 is 11.9 Å². The zero-order valence-electron chi connectivity index (χ0n) is 9.98. The third-order valence-electron chi connectivity index (χ3n) is 1.90. The molecule has 0 saturated carbocycles. The lowest BCUT2D eigenvalue weighted by atomic mass is 10.2. The van der Waals surface area contributed by atoms with Gasteiger partial charge in [-0.1, -0.05) is 13.2 Å². The fourth-order valence-electron chi connectivity index (χ4n) is 1.02. The molecule has 1 unspecified atom stereocenters. The first-order valence-corrected chi connectivity index (χ1v) is 5.30. The van der Waals surface area contributed by atoms with Gasteiger partial charge in [0.15, 0.2) is 0 Å². The molecule has 5 heteroatoms. The van der Waals surface area contributed by atoms with Crippen LogP contribution >= 0.6 is 0 Å². The lowest BCUT2D eigenvalue weighted by Crippen LogP contribution is -2.25. The molecule has 0 aromatic heterocycles. The second kappa shape index (κ2) is 8.52. The second-order valence-corrected chi connectivity index (χ2v) is 3.52. The van der Waals surface area contributed by atoms with Crippen molar-refractivity contribution in [3.05, 3.63) is 24.8 Å². The fraction of sp³-hybridized carbons (Fsp3) is 0.500. The van der Waals surface area contributed by atoms with Crippen molar-refractivity contribution in [1.29, 1.82) is 0 Å². The summed E-state index contributed by atoms with van der Waals surface area (Å²) in [6.07, 6.45) is 3.41. The molecule has 0 aliphatic carbocycles. The van der Waals surface area contributed by atoms with Crippen molar-refractivity contribution < 1.29 is 24.2 Å². The summed E-state index contributed by atoms with van der Waals surface area (Å²) in [5.41, 5.74) is 0.421. The predicted octanol–water partition coefficient (Wildman–Crippen LogP) is 1.89. The van der Waals surface area contributed by atoms with Crippen LogP contribution in [0.3, 0.4) is 0 Å². The summed E-state index contributed by atoms with van der Waals surface area (Å²) in [5, 5.41) is 7.60. The van der Waals surface area contributed by atoms with E-state index in [2.05, 4.69) is 13.2 Å².